The SMILES string of the molecule is CC[C@H](C)[C@H](NC(=O)C1C(=O)c2ccc(Oc3ccc4c(c3)C(=O)C(C(=O)N[C@H](C(=O)OC)[C@@H](C)CC)C4=O)cc2C1=O)C(=O)OC. The quantitative estimate of drug-likeness (QED) is 0.254. The topological polar surface area (TPSA) is 188 Å². The number of carbonyl (C=O) groups excluding carboxylic acids is 8. The molecule has 0 heterocycles. The van der Waals surface area contributed by atoms with Crippen LogP contribution in [-0.2, 0) is 28.7 Å². The van der Waals surface area contributed by atoms with Gasteiger partial charge in [0, 0.05) is 22.3 Å². The Balaban J connectivity index is 1.52. The van der Waals surface area contributed by atoms with Crippen molar-refractivity contribution in [3.63, 3.8) is 0 Å². The van der Waals surface area contributed by atoms with Crippen molar-refractivity contribution in [3.8, 4) is 11.5 Å². The molecule has 0 fully saturated rings. The largest absolute Gasteiger partial charge is 0.467 e. The first-order valence-corrected chi connectivity index (χ1v) is 15.2. The van der Waals surface area contributed by atoms with Gasteiger partial charge in [0.2, 0.25) is 11.8 Å². The van der Waals surface area contributed by atoms with Gasteiger partial charge in [-0.1, -0.05) is 40.5 Å². The van der Waals surface area contributed by atoms with Crippen LogP contribution in [0.2, 0.25) is 0 Å². The maximum Gasteiger partial charge on any atom is 0.328 e. The fourth-order valence-corrected chi connectivity index (χ4v) is 5.55. The zero-order valence-corrected chi connectivity index (χ0v) is 26.8. The van der Waals surface area contributed by atoms with Crippen molar-refractivity contribution in [2.45, 2.75) is 52.6 Å². The molecule has 2 N–H and O–H groups in total. The lowest BCUT2D eigenvalue weighted by atomic mass is 9.97. The lowest BCUT2D eigenvalue weighted by Gasteiger charge is -2.22. The molecule has 6 atom stereocenters. The lowest BCUT2D eigenvalue weighted by Crippen LogP contribution is -2.49. The highest BCUT2D eigenvalue weighted by Gasteiger charge is 2.46. The third-order valence-electron chi connectivity index (χ3n) is 8.78. The van der Waals surface area contributed by atoms with Gasteiger partial charge in [0.25, 0.3) is 0 Å². The number of nitrogens with one attached hydrogen (secondary N) is 2. The predicted molar refractivity (Wildman–Crippen MR) is 164 cm³/mol. The molecular formula is C34H36N2O11. The van der Waals surface area contributed by atoms with Gasteiger partial charge in [-0.15, -0.1) is 0 Å². The number of hydrogen-bond donors (Lipinski definition) is 2. The molecule has 13 heteroatoms. The fraction of sp³-hybridized carbons (Fsp3) is 0.412. The summed E-state index contributed by atoms with van der Waals surface area (Å²) in [6.45, 7) is 7.09. The van der Waals surface area contributed by atoms with Gasteiger partial charge in [-0.3, -0.25) is 28.8 Å². The van der Waals surface area contributed by atoms with Gasteiger partial charge in [0.05, 0.1) is 14.2 Å². The summed E-state index contributed by atoms with van der Waals surface area (Å²) in [6.07, 6.45) is 1.05. The smallest absolute Gasteiger partial charge is 0.328 e. The zero-order valence-electron chi connectivity index (χ0n) is 26.8. The van der Waals surface area contributed by atoms with E-state index in [1.807, 2.05) is 13.8 Å². The van der Waals surface area contributed by atoms with Gasteiger partial charge in [0.1, 0.15) is 23.6 Å². The molecule has 0 bridgehead atoms. The van der Waals surface area contributed by atoms with Crippen LogP contribution in [0.15, 0.2) is 36.4 Å². The van der Waals surface area contributed by atoms with Crippen molar-refractivity contribution in [1.82, 2.24) is 10.6 Å². The van der Waals surface area contributed by atoms with Gasteiger partial charge in [-0.05, 0) is 48.2 Å². The maximum atomic E-state index is 13.2. The number of ketones is 4. The Morgan fingerprint density at radius 3 is 1.28 bits per heavy atom. The highest BCUT2D eigenvalue weighted by Crippen LogP contribution is 2.35. The van der Waals surface area contributed by atoms with E-state index in [0.717, 1.165) is 0 Å². The van der Waals surface area contributed by atoms with Crippen molar-refractivity contribution in [3.05, 3.63) is 58.7 Å². The average molecular weight is 649 g/mol. The molecule has 0 aromatic heterocycles. The normalized spacial score (nSPS) is 19.2. The Hall–Kier alpha value is -5.20. The first-order valence-electron chi connectivity index (χ1n) is 15.2. The molecule has 4 rings (SSSR count). The highest BCUT2D eigenvalue weighted by atomic mass is 16.5. The summed E-state index contributed by atoms with van der Waals surface area (Å²) < 4.78 is 15.4. The molecule has 0 radical (unpaired) electrons. The fourth-order valence-electron chi connectivity index (χ4n) is 5.55. The average Bonchev–Trinajstić information content (AvgIpc) is 3.47. The van der Waals surface area contributed by atoms with Crippen LogP contribution < -0.4 is 15.4 Å². The first kappa shape index (κ1) is 34.7. The molecule has 2 aliphatic rings. The van der Waals surface area contributed by atoms with E-state index in [4.69, 9.17) is 14.2 Å². The number of methoxy groups -OCH3 is 2. The minimum Gasteiger partial charge on any atom is -0.467 e. The number of fused-ring (bicyclic) bond motifs is 2. The number of hydrogen-bond acceptors (Lipinski definition) is 11. The van der Waals surface area contributed by atoms with E-state index in [2.05, 4.69) is 10.6 Å². The van der Waals surface area contributed by atoms with Gasteiger partial charge in [0.15, 0.2) is 35.0 Å². The number of carbonyl (C=O) groups is 8. The summed E-state index contributed by atoms with van der Waals surface area (Å²) in [5.74, 6) is -10.1. The molecule has 248 valence electrons. The molecule has 2 aromatic carbocycles. The second-order valence-electron chi connectivity index (χ2n) is 11.6. The van der Waals surface area contributed by atoms with Crippen LogP contribution in [0.4, 0.5) is 0 Å². The Labute approximate surface area is 270 Å². The first-order chi connectivity index (χ1) is 22.3. The number of Topliss-reactive ketones (excluding diaryl/α,β-unsaturated/α-hetero) is 4. The third kappa shape index (κ3) is 6.56. The monoisotopic (exact) mass is 648 g/mol. The second kappa shape index (κ2) is 14.1. The van der Waals surface area contributed by atoms with E-state index in [-0.39, 0.29) is 45.6 Å². The number of rotatable bonds is 12. The van der Waals surface area contributed by atoms with E-state index < -0.39 is 70.8 Å². The molecule has 2 unspecified atom stereocenters. The minimum absolute atomic E-state index is 0.00638. The van der Waals surface area contributed by atoms with Crippen molar-refractivity contribution >= 4 is 46.9 Å². The standard InChI is InChI=1S/C34H36N2O11/c1-7-15(3)25(33(43)45-5)35-31(41)23-27(37)19-11-9-17(13-21(19)29(23)39)47-18-10-12-20-22(14-18)30(40)24(28(20)38)32(42)36-26(16(4)8-2)34(44)46-6/h9-16,23-26H,7-8H2,1-6H3,(H,35,41)(H,36,42)/t15-,16-,23?,24?,25-,26-/m0/s1. The number of ether oxygens (including phenoxy) is 3. The van der Waals surface area contributed by atoms with E-state index in [1.165, 1.54) is 50.6 Å². The highest BCUT2D eigenvalue weighted by molar-refractivity contribution is 6.36. The van der Waals surface area contributed by atoms with Crippen LogP contribution >= 0.6 is 0 Å². The minimum atomic E-state index is -1.69. The van der Waals surface area contributed by atoms with Crippen molar-refractivity contribution < 1.29 is 52.6 Å². The van der Waals surface area contributed by atoms with Gasteiger partial charge < -0.3 is 24.8 Å². The van der Waals surface area contributed by atoms with E-state index in [0.29, 0.717) is 12.8 Å². The van der Waals surface area contributed by atoms with Gasteiger partial charge in [-0.2, -0.15) is 0 Å². The Bertz CT molecular complexity index is 1560. The Morgan fingerprint density at radius 2 is 0.957 bits per heavy atom. The molecule has 0 aliphatic heterocycles. The molecule has 0 saturated heterocycles. The Kier molecular flexibility index (Phi) is 10.4. The summed E-state index contributed by atoms with van der Waals surface area (Å²) in [4.78, 5) is 103. The van der Waals surface area contributed by atoms with Crippen molar-refractivity contribution in [2.24, 2.45) is 23.7 Å². The molecule has 2 aliphatic carbocycles. The van der Waals surface area contributed by atoms with Crippen LogP contribution in [0.25, 0.3) is 0 Å². The third-order valence-corrected chi connectivity index (χ3v) is 8.78. The summed E-state index contributed by atoms with van der Waals surface area (Å²) in [7, 11) is 2.35. The number of amides is 2. The molecule has 2 amide bonds. The predicted octanol–water partition coefficient (Wildman–Crippen LogP) is 2.88. The summed E-state index contributed by atoms with van der Waals surface area (Å²) in [5, 5.41) is 4.97. The van der Waals surface area contributed by atoms with Crippen LogP contribution in [0, 0.1) is 23.7 Å². The summed E-state index contributed by atoms with van der Waals surface area (Å²) in [6, 6.07) is 5.95. The Morgan fingerprint density at radius 1 is 0.617 bits per heavy atom. The zero-order chi connectivity index (χ0) is 34.7. The lowest BCUT2D eigenvalue weighted by molar-refractivity contribution is -0.147. The van der Waals surface area contributed by atoms with Crippen molar-refractivity contribution in [1.29, 1.82) is 0 Å². The molecular weight excluding hydrogens is 612 g/mol. The molecule has 2 aromatic rings. The van der Waals surface area contributed by atoms with E-state index >= 15 is 0 Å². The molecule has 13 nitrogen and oxygen atoms in total. The van der Waals surface area contributed by atoms with Gasteiger partial charge >= 0.3 is 11.9 Å². The van der Waals surface area contributed by atoms with E-state index in [9.17, 15) is 38.4 Å². The number of esters is 2. The van der Waals surface area contributed by atoms with Crippen LogP contribution in [0.1, 0.15) is 82.0 Å². The van der Waals surface area contributed by atoms with Crippen LogP contribution in [-0.4, -0.2) is 73.2 Å². The second-order valence-corrected chi connectivity index (χ2v) is 11.6. The van der Waals surface area contributed by atoms with Crippen LogP contribution in [0.3, 0.4) is 0 Å². The molecule has 0 saturated carbocycles. The molecule has 0 spiro atoms. The van der Waals surface area contributed by atoms with E-state index in [1.54, 1.807) is 13.8 Å². The molecule has 47 heavy (non-hydrogen) atoms. The van der Waals surface area contributed by atoms with Crippen molar-refractivity contribution in [2.75, 3.05) is 14.2 Å². The summed E-state index contributed by atoms with van der Waals surface area (Å²) in [5.41, 5.74) is -0.105. The summed E-state index contributed by atoms with van der Waals surface area (Å²) >= 11 is 0. The maximum absolute atomic E-state index is 13.2. The van der Waals surface area contributed by atoms with Crippen LogP contribution in [0.5, 0.6) is 11.5 Å². The number of benzene rings is 2. The van der Waals surface area contributed by atoms with Gasteiger partial charge in [-0.25, -0.2) is 9.59 Å².